The van der Waals surface area contributed by atoms with Crippen LogP contribution in [0.15, 0.2) is 43.0 Å². The van der Waals surface area contributed by atoms with E-state index in [4.69, 9.17) is 9.47 Å². The number of carbonyl (C=O) groups is 2. The van der Waals surface area contributed by atoms with Crippen LogP contribution < -0.4 is 0 Å². The number of nitrogens with zero attached hydrogens (tertiary/aromatic N) is 1. The van der Waals surface area contributed by atoms with Crippen molar-refractivity contribution >= 4 is 11.9 Å². The van der Waals surface area contributed by atoms with Crippen LogP contribution in [-0.4, -0.2) is 30.1 Å². The van der Waals surface area contributed by atoms with Crippen LogP contribution in [-0.2, 0) is 19.1 Å². The van der Waals surface area contributed by atoms with Crippen molar-refractivity contribution in [3.63, 3.8) is 0 Å². The largest absolute Gasteiger partial charge is 0.465 e. The first-order valence-electron chi connectivity index (χ1n) is 8.06. The zero-order valence-corrected chi connectivity index (χ0v) is 14.5. The Bertz CT molecular complexity index is 595. The van der Waals surface area contributed by atoms with Crippen molar-refractivity contribution in [3.8, 4) is 0 Å². The van der Waals surface area contributed by atoms with Crippen LogP contribution in [0.5, 0.6) is 0 Å². The van der Waals surface area contributed by atoms with Crippen molar-refractivity contribution < 1.29 is 24.0 Å². The molecule has 7 heteroatoms. The lowest BCUT2D eigenvalue weighted by Crippen LogP contribution is -2.44. The quantitative estimate of drug-likeness (QED) is 0.212. The fourth-order valence-electron chi connectivity index (χ4n) is 2.60. The molecule has 1 unspecified atom stereocenters. The molecule has 0 spiro atoms. The SMILES string of the molecule is C=CCC(CC(c1ccccc1)[N+](=O)[O-])(C(=O)OCC)C(=O)OCC. The van der Waals surface area contributed by atoms with Gasteiger partial charge in [-0.1, -0.05) is 36.4 Å². The summed E-state index contributed by atoms with van der Waals surface area (Å²) in [4.78, 5) is 36.2. The van der Waals surface area contributed by atoms with Gasteiger partial charge >= 0.3 is 11.9 Å². The zero-order valence-electron chi connectivity index (χ0n) is 14.5. The van der Waals surface area contributed by atoms with Gasteiger partial charge in [0.2, 0.25) is 6.04 Å². The molecule has 0 N–H and O–H groups in total. The topological polar surface area (TPSA) is 95.7 Å². The van der Waals surface area contributed by atoms with Crippen LogP contribution in [0.3, 0.4) is 0 Å². The van der Waals surface area contributed by atoms with E-state index < -0.39 is 28.3 Å². The van der Waals surface area contributed by atoms with Gasteiger partial charge < -0.3 is 9.47 Å². The van der Waals surface area contributed by atoms with Crippen molar-refractivity contribution in [3.05, 3.63) is 58.7 Å². The van der Waals surface area contributed by atoms with Crippen molar-refractivity contribution in [2.75, 3.05) is 13.2 Å². The van der Waals surface area contributed by atoms with Crippen molar-refractivity contribution in [2.24, 2.45) is 5.41 Å². The van der Waals surface area contributed by atoms with Crippen LogP contribution in [0, 0.1) is 15.5 Å². The van der Waals surface area contributed by atoms with E-state index in [0.717, 1.165) is 0 Å². The van der Waals surface area contributed by atoms with Crippen molar-refractivity contribution in [2.45, 2.75) is 32.7 Å². The molecule has 1 rings (SSSR count). The lowest BCUT2D eigenvalue weighted by Gasteiger charge is -2.29. The molecule has 25 heavy (non-hydrogen) atoms. The third-order valence-electron chi connectivity index (χ3n) is 3.81. The highest BCUT2D eigenvalue weighted by Gasteiger charge is 2.52. The molecule has 136 valence electrons. The molecule has 0 aromatic heterocycles. The van der Waals surface area contributed by atoms with E-state index in [-0.39, 0.29) is 26.1 Å². The van der Waals surface area contributed by atoms with Gasteiger partial charge in [0.05, 0.1) is 13.2 Å². The summed E-state index contributed by atoms with van der Waals surface area (Å²) in [5.74, 6) is -1.67. The standard InChI is InChI=1S/C18H23NO6/c1-4-12-18(16(20)24-5-2,17(21)25-6-3)13-15(19(22)23)14-10-8-7-9-11-14/h4,7-11,15H,1,5-6,12-13H2,2-3H3. The van der Waals surface area contributed by atoms with Gasteiger partial charge in [-0.3, -0.25) is 19.7 Å². The molecule has 0 amide bonds. The summed E-state index contributed by atoms with van der Waals surface area (Å²) in [6.07, 6.45) is 0.894. The first-order chi connectivity index (χ1) is 11.9. The molecule has 1 aromatic carbocycles. The summed E-state index contributed by atoms with van der Waals surface area (Å²) in [6.45, 7) is 6.87. The molecular formula is C18H23NO6. The Hall–Kier alpha value is -2.70. The Kier molecular flexibility index (Phi) is 7.78. The Morgan fingerprint density at radius 1 is 1.20 bits per heavy atom. The maximum Gasteiger partial charge on any atom is 0.324 e. The van der Waals surface area contributed by atoms with Gasteiger partial charge in [0.1, 0.15) is 0 Å². The second-order valence-electron chi connectivity index (χ2n) is 5.43. The maximum absolute atomic E-state index is 12.6. The van der Waals surface area contributed by atoms with Gasteiger partial charge in [-0.2, -0.15) is 0 Å². The zero-order chi connectivity index (χ0) is 18.9. The summed E-state index contributed by atoms with van der Waals surface area (Å²) in [5.41, 5.74) is -1.41. The minimum Gasteiger partial charge on any atom is -0.465 e. The van der Waals surface area contributed by atoms with Gasteiger partial charge in [0, 0.05) is 16.9 Å². The summed E-state index contributed by atoms with van der Waals surface area (Å²) < 4.78 is 10.1. The van der Waals surface area contributed by atoms with E-state index in [1.165, 1.54) is 6.08 Å². The van der Waals surface area contributed by atoms with Gasteiger partial charge in [0.15, 0.2) is 5.41 Å². The smallest absolute Gasteiger partial charge is 0.324 e. The number of nitro groups is 1. The summed E-state index contributed by atoms with van der Waals surface area (Å²) in [7, 11) is 0. The molecule has 0 aliphatic rings. The molecule has 0 saturated carbocycles. The number of esters is 2. The van der Waals surface area contributed by atoms with E-state index in [1.807, 2.05) is 0 Å². The first kappa shape index (κ1) is 20.3. The summed E-state index contributed by atoms with van der Waals surface area (Å²) in [6, 6.07) is 6.97. The van der Waals surface area contributed by atoms with Gasteiger partial charge in [-0.05, 0) is 20.3 Å². The molecule has 1 aromatic rings. The van der Waals surface area contributed by atoms with E-state index in [2.05, 4.69) is 6.58 Å². The van der Waals surface area contributed by atoms with Crippen LogP contribution in [0.2, 0.25) is 0 Å². The highest BCUT2D eigenvalue weighted by Crippen LogP contribution is 2.38. The van der Waals surface area contributed by atoms with E-state index in [9.17, 15) is 19.7 Å². The Labute approximate surface area is 146 Å². The number of ether oxygens (including phenoxy) is 2. The maximum atomic E-state index is 12.6. The minimum atomic E-state index is -1.80. The molecule has 0 radical (unpaired) electrons. The Morgan fingerprint density at radius 2 is 1.72 bits per heavy atom. The molecule has 0 bridgehead atoms. The van der Waals surface area contributed by atoms with Gasteiger partial charge in [-0.25, -0.2) is 0 Å². The van der Waals surface area contributed by atoms with Gasteiger partial charge in [-0.15, -0.1) is 6.58 Å². The molecule has 0 saturated heterocycles. The van der Waals surface area contributed by atoms with Crippen LogP contribution in [0.1, 0.15) is 38.3 Å². The molecule has 0 aliphatic carbocycles. The number of allylic oxidation sites excluding steroid dienone is 1. The monoisotopic (exact) mass is 349 g/mol. The van der Waals surface area contributed by atoms with Crippen molar-refractivity contribution in [1.82, 2.24) is 0 Å². The molecule has 0 aliphatic heterocycles. The fraction of sp³-hybridized carbons (Fsp3) is 0.444. The van der Waals surface area contributed by atoms with Crippen LogP contribution in [0.25, 0.3) is 0 Å². The van der Waals surface area contributed by atoms with Crippen LogP contribution in [0.4, 0.5) is 0 Å². The van der Waals surface area contributed by atoms with E-state index in [1.54, 1.807) is 44.2 Å². The number of carbonyl (C=O) groups excluding carboxylic acids is 2. The predicted octanol–water partition coefficient (Wildman–Crippen LogP) is 3.08. The molecular weight excluding hydrogens is 326 g/mol. The number of hydrogen-bond acceptors (Lipinski definition) is 6. The van der Waals surface area contributed by atoms with Crippen molar-refractivity contribution in [1.29, 1.82) is 0 Å². The normalized spacial score (nSPS) is 12.1. The lowest BCUT2D eigenvalue weighted by molar-refractivity contribution is -0.532. The summed E-state index contributed by atoms with van der Waals surface area (Å²) in [5, 5.41) is 11.6. The average Bonchev–Trinajstić information content (AvgIpc) is 2.59. The predicted molar refractivity (Wildman–Crippen MR) is 91.3 cm³/mol. The number of benzene rings is 1. The molecule has 0 fully saturated rings. The Balaban J connectivity index is 3.37. The summed E-state index contributed by atoms with van der Waals surface area (Å²) >= 11 is 0. The number of rotatable bonds is 10. The highest BCUT2D eigenvalue weighted by atomic mass is 16.6. The molecule has 7 nitrogen and oxygen atoms in total. The minimum absolute atomic E-state index is 0.0472. The molecule has 0 heterocycles. The van der Waals surface area contributed by atoms with Gasteiger partial charge in [0.25, 0.3) is 0 Å². The highest BCUT2D eigenvalue weighted by molar-refractivity contribution is 6.00. The second kappa shape index (κ2) is 9.56. The number of hydrogen-bond donors (Lipinski definition) is 0. The average molecular weight is 349 g/mol. The first-order valence-corrected chi connectivity index (χ1v) is 8.06. The molecule has 1 atom stereocenters. The van der Waals surface area contributed by atoms with E-state index >= 15 is 0 Å². The Morgan fingerprint density at radius 3 is 2.12 bits per heavy atom. The van der Waals surface area contributed by atoms with E-state index in [0.29, 0.717) is 5.56 Å². The third kappa shape index (κ3) is 4.89. The van der Waals surface area contributed by atoms with Crippen LogP contribution >= 0.6 is 0 Å². The third-order valence-corrected chi connectivity index (χ3v) is 3.81. The fourth-order valence-corrected chi connectivity index (χ4v) is 2.60. The lowest BCUT2D eigenvalue weighted by atomic mass is 9.77. The second-order valence-corrected chi connectivity index (χ2v) is 5.43.